The second-order valence-electron chi connectivity index (χ2n) is 8.57. The lowest BCUT2D eigenvalue weighted by molar-refractivity contribution is -0.127. The Kier molecular flexibility index (Phi) is 10.2. The van der Waals surface area contributed by atoms with Crippen molar-refractivity contribution < 1.29 is 24.2 Å². The smallest absolute Gasteiger partial charge is 0.408 e. The molecule has 36 heavy (non-hydrogen) atoms. The molecule has 188 valence electrons. The van der Waals surface area contributed by atoms with E-state index in [1.54, 1.807) is 24.3 Å². The predicted octanol–water partition coefficient (Wildman–Crippen LogP) is 4.64. The van der Waals surface area contributed by atoms with E-state index in [2.05, 4.69) is 10.6 Å². The largest absolute Gasteiger partial charge is 0.445 e. The molecule has 3 N–H and O–H groups in total. The fourth-order valence-electron chi connectivity index (χ4n) is 3.75. The average Bonchev–Trinajstić information content (AvgIpc) is 2.91. The van der Waals surface area contributed by atoms with Crippen molar-refractivity contribution in [2.24, 2.45) is 5.92 Å². The second kappa shape index (κ2) is 13.8. The zero-order chi connectivity index (χ0) is 25.8. The van der Waals surface area contributed by atoms with Crippen molar-refractivity contribution >= 4 is 23.5 Å². The lowest BCUT2D eigenvalue weighted by Gasteiger charge is -2.21. The number of nitrogens with one attached hydrogen (secondary N) is 2. The number of hydrogen-bond donors (Lipinski definition) is 3. The van der Waals surface area contributed by atoms with Gasteiger partial charge in [-0.3, -0.25) is 9.59 Å². The van der Waals surface area contributed by atoms with Crippen LogP contribution in [-0.4, -0.2) is 28.9 Å². The van der Waals surface area contributed by atoms with Crippen molar-refractivity contribution in [1.82, 2.24) is 5.32 Å². The topological polar surface area (TPSA) is 105 Å². The maximum Gasteiger partial charge on any atom is 0.408 e. The van der Waals surface area contributed by atoms with Crippen LogP contribution in [0.5, 0.6) is 0 Å². The highest BCUT2D eigenvalue weighted by Gasteiger charge is 2.27. The van der Waals surface area contributed by atoms with Crippen molar-refractivity contribution in [3.05, 3.63) is 102 Å². The minimum Gasteiger partial charge on any atom is -0.445 e. The molecule has 3 aromatic rings. The Morgan fingerprint density at radius 1 is 0.833 bits per heavy atom. The van der Waals surface area contributed by atoms with Crippen molar-refractivity contribution in [2.45, 2.75) is 45.4 Å². The van der Waals surface area contributed by atoms with Crippen LogP contribution in [-0.2, 0) is 34.0 Å². The number of aliphatic hydroxyl groups excluding tert-OH is 1. The number of anilines is 1. The van der Waals surface area contributed by atoms with E-state index >= 15 is 0 Å². The standard InChI is InChI=1S/C29H32N2O5/c1-2-24(28(34)30-25-15-13-22(19-32)14-16-25)18-27(33)26(17-21-9-5-3-6-10-21)31-29(35)36-20-23-11-7-4-8-12-23/h3-16,24,26,32H,2,17-20H2,1H3,(H,30,34)(H,31,35)/t24-,26+/m1/s1. The number of ketones is 1. The quantitative estimate of drug-likeness (QED) is 0.345. The number of aliphatic hydroxyl groups is 1. The van der Waals surface area contributed by atoms with Crippen LogP contribution >= 0.6 is 0 Å². The summed E-state index contributed by atoms with van der Waals surface area (Å²) < 4.78 is 5.32. The van der Waals surface area contributed by atoms with E-state index in [1.165, 1.54) is 0 Å². The van der Waals surface area contributed by atoms with Crippen molar-refractivity contribution in [2.75, 3.05) is 5.32 Å². The molecular weight excluding hydrogens is 456 g/mol. The Morgan fingerprint density at radius 2 is 1.44 bits per heavy atom. The number of benzene rings is 3. The molecule has 0 aromatic heterocycles. The van der Waals surface area contributed by atoms with Crippen LogP contribution in [0.25, 0.3) is 0 Å². The molecule has 0 bridgehead atoms. The van der Waals surface area contributed by atoms with Gasteiger partial charge < -0.3 is 20.5 Å². The molecule has 3 aromatic carbocycles. The summed E-state index contributed by atoms with van der Waals surface area (Å²) in [7, 11) is 0. The van der Waals surface area contributed by atoms with Gasteiger partial charge in [-0.15, -0.1) is 0 Å². The molecule has 2 amide bonds. The molecule has 0 fully saturated rings. The molecule has 0 aliphatic carbocycles. The highest BCUT2D eigenvalue weighted by Crippen LogP contribution is 2.17. The first-order valence-electron chi connectivity index (χ1n) is 12.0. The summed E-state index contributed by atoms with van der Waals surface area (Å²) in [5, 5.41) is 14.7. The fourth-order valence-corrected chi connectivity index (χ4v) is 3.75. The summed E-state index contributed by atoms with van der Waals surface area (Å²) >= 11 is 0. The van der Waals surface area contributed by atoms with Gasteiger partial charge in [0.15, 0.2) is 5.78 Å². The summed E-state index contributed by atoms with van der Waals surface area (Å²) in [6, 6.07) is 24.7. The molecule has 0 heterocycles. The number of rotatable bonds is 12. The Labute approximate surface area is 211 Å². The number of Topliss-reactive ketones (excluding diaryl/α,β-unsaturated/α-hetero) is 1. The van der Waals surface area contributed by atoms with E-state index in [1.807, 2.05) is 67.6 Å². The van der Waals surface area contributed by atoms with Gasteiger partial charge in [0.25, 0.3) is 0 Å². The minimum absolute atomic E-state index is 0.0203. The first-order chi connectivity index (χ1) is 17.5. The summed E-state index contributed by atoms with van der Waals surface area (Å²) in [5.74, 6) is -1.07. The van der Waals surface area contributed by atoms with Gasteiger partial charge in [0.05, 0.1) is 12.6 Å². The number of carbonyl (C=O) groups excluding carboxylic acids is 3. The zero-order valence-corrected chi connectivity index (χ0v) is 20.4. The Hall–Kier alpha value is -3.97. The summed E-state index contributed by atoms with van der Waals surface area (Å²) in [4.78, 5) is 38.7. The van der Waals surface area contributed by atoms with Gasteiger partial charge in [0, 0.05) is 18.0 Å². The SMILES string of the molecule is CC[C@H](CC(=O)[C@H](Cc1ccccc1)NC(=O)OCc1ccccc1)C(=O)Nc1ccc(CO)cc1. The van der Waals surface area contributed by atoms with Gasteiger partial charge in [-0.1, -0.05) is 79.7 Å². The van der Waals surface area contributed by atoms with Crippen LogP contribution in [0.4, 0.5) is 10.5 Å². The van der Waals surface area contributed by atoms with Gasteiger partial charge in [-0.05, 0) is 41.7 Å². The first-order valence-corrected chi connectivity index (χ1v) is 12.0. The second-order valence-corrected chi connectivity index (χ2v) is 8.57. The maximum absolute atomic E-state index is 13.3. The molecule has 2 atom stereocenters. The van der Waals surface area contributed by atoms with Crippen LogP contribution in [0.2, 0.25) is 0 Å². The molecule has 0 aliphatic rings. The van der Waals surface area contributed by atoms with E-state index in [9.17, 15) is 19.5 Å². The molecule has 0 saturated carbocycles. The Balaban J connectivity index is 1.64. The molecule has 0 saturated heterocycles. The van der Waals surface area contributed by atoms with Crippen molar-refractivity contribution in [3.63, 3.8) is 0 Å². The van der Waals surface area contributed by atoms with E-state index in [4.69, 9.17) is 4.74 Å². The van der Waals surface area contributed by atoms with E-state index < -0.39 is 18.1 Å². The Bertz CT molecular complexity index is 1120. The lowest BCUT2D eigenvalue weighted by atomic mass is 9.92. The molecule has 0 aliphatic heterocycles. The number of amides is 2. The van der Waals surface area contributed by atoms with Gasteiger partial charge in [0.2, 0.25) is 5.91 Å². The predicted molar refractivity (Wildman–Crippen MR) is 138 cm³/mol. The average molecular weight is 489 g/mol. The number of hydrogen-bond acceptors (Lipinski definition) is 5. The van der Waals surface area contributed by atoms with Crippen LogP contribution in [0, 0.1) is 5.92 Å². The van der Waals surface area contributed by atoms with Crippen LogP contribution < -0.4 is 10.6 Å². The van der Waals surface area contributed by atoms with Crippen LogP contribution in [0.1, 0.15) is 36.5 Å². The van der Waals surface area contributed by atoms with E-state index in [0.29, 0.717) is 18.5 Å². The number of alkyl carbamates (subject to hydrolysis) is 1. The molecule has 7 heteroatoms. The molecule has 0 unspecified atom stereocenters. The fraction of sp³-hybridized carbons (Fsp3) is 0.276. The van der Waals surface area contributed by atoms with Crippen molar-refractivity contribution in [3.8, 4) is 0 Å². The molecule has 0 spiro atoms. The van der Waals surface area contributed by atoms with E-state index in [-0.39, 0.29) is 31.3 Å². The zero-order valence-electron chi connectivity index (χ0n) is 20.4. The molecular formula is C29H32N2O5. The third kappa shape index (κ3) is 8.36. The van der Waals surface area contributed by atoms with Gasteiger partial charge >= 0.3 is 6.09 Å². The first kappa shape index (κ1) is 26.6. The number of ether oxygens (including phenoxy) is 1. The Morgan fingerprint density at radius 3 is 2.03 bits per heavy atom. The van der Waals surface area contributed by atoms with Gasteiger partial charge in [-0.25, -0.2) is 4.79 Å². The molecule has 3 rings (SSSR count). The molecule has 0 radical (unpaired) electrons. The third-order valence-corrected chi connectivity index (χ3v) is 5.89. The maximum atomic E-state index is 13.3. The summed E-state index contributed by atoms with van der Waals surface area (Å²) in [6.07, 6.45) is 0.0477. The third-order valence-electron chi connectivity index (χ3n) is 5.89. The van der Waals surface area contributed by atoms with E-state index in [0.717, 1.165) is 16.7 Å². The highest BCUT2D eigenvalue weighted by atomic mass is 16.5. The normalized spacial score (nSPS) is 12.3. The lowest BCUT2D eigenvalue weighted by Crippen LogP contribution is -2.44. The summed E-state index contributed by atoms with van der Waals surface area (Å²) in [6.45, 7) is 1.86. The highest BCUT2D eigenvalue weighted by molar-refractivity contribution is 5.97. The number of carbonyl (C=O) groups is 3. The van der Waals surface area contributed by atoms with Crippen LogP contribution in [0.3, 0.4) is 0 Å². The van der Waals surface area contributed by atoms with Gasteiger partial charge in [0.1, 0.15) is 6.61 Å². The van der Waals surface area contributed by atoms with Crippen molar-refractivity contribution in [1.29, 1.82) is 0 Å². The minimum atomic E-state index is -0.832. The van der Waals surface area contributed by atoms with Crippen LogP contribution in [0.15, 0.2) is 84.9 Å². The monoisotopic (exact) mass is 488 g/mol. The van der Waals surface area contributed by atoms with Gasteiger partial charge in [-0.2, -0.15) is 0 Å². The molecule has 7 nitrogen and oxygen atoms in total. The summed E-state index contributed by atoms with van der Waals surface area (Å²) in [5.41, 5.74) is 3.06.